The van der Waals surface area contributed by atoms with Gasteiger partial charge in [-0.25, -0.2) is 4.79 Å². The topological polar surface area (TPSA) is 40.5 Å². The Bertz CT molecular complexity index is 423. The van der Waals surface area contributed by atoms with Gasteiger partial charge in [-0.3, -0.25) is 4.90 Å². The Labute approximate surface area is 115 Å². The van der Waals surface area contributed by atoms with Crippen LogP contribution in [-0.2, 0) is 6.54 Å². The van der Waals surface area contributed by atoms with E-state index >= 15 is 0 Å². The van der Waals surface area contributed by atoms with Crippen LogP contribution in [0.3, 0.4) is 0 Å². The molecule has 1 aliphatic rings. The molecular weight excluding hydrogens is 238 g/mol. The van der Waals surface area contributed by atoms with Gasteiger partial charge in [-0.2, -0.15) is 0 Å². The van der Waals surface area contributed by atoms with Crippen LogP contribution in [0.4, 0.5) is 0 Å². The smallest absolute Gasteiger partial charge is 0.335 e. The molecular formula is C16H23NO2. The van der Waals surface area contributed by atoms with Crippen LogP contribution in [0.2, 0.25) is 0 Å². The molecule has 0 bridgehead atoms. The molecule has 104 valence electrons. The van der Waals surface area contributed by atoms with E-state index in [1.54, 1.807) is 12.1 Å². The maximum atomic E-state index is 10.9. The largest absolute Gasteiger partial charge is 0.478 e. The highest BCUT2D eigenvalue weighted by molar-refractivity contribution is 5.87. The summed E-state index contributed by atoms with van der Waals surface area (Å²) in [6, 6.07) is 7.30. The molecule has 1 aliphatic heterocycles. The quantitative estimate of drug-likeness (QED) is 0.883. The number of likely N-dealkylation sites (tertiary alicyclic amines) is 1. The predicted octanol–water partition coefficient (Wildman–Crippen LogP) is 3.40. The van der Waals surface area contributed by atoms with Gasteiger partial charge in [0.25, 0.3) is 0 Å². The first kappa shape index (κ1) is 14.1. The van der Waals surface area contributed by atoms with Crippen LogP contribution in [0.25, 0.3) is 0 Å². The van der Waals surface area contributed by atoms with Crippen LogP contribution in [0, 0.1) is 5.92 Å². The van der Waals surface area contributed by atoms with Gasteiger partial charge in [-0.15, -0.1) is 0 Å². The number of hydrogen-bond acceptors (Lipinski definition) is 2. The SMILES string of the molecule is CCCC1CCN(Cc2cccc(C(=O)O)c2)CC1. The Morgan fingerprint density at radius 2 is 2.11 bits per heavy atom. The van der Waals surface area contributed by atoms with Crippen molar-refractivity contribution in [2.45, 2.75) is 39.2 Å². The lowest BCUT2D eigenvalue weighted by atomic mass is 9.92. The van der Waals surface area contributed by atoms with Crippen molar-refractivity contribution in [3.8, 4) is 0 Å². The molecule has 0 saturated carbocycles. The summed E-state index contributed by atoms with van der Waals surface area (Å²) in [5, 5.41) is 9.00. The Kier molecular flexibility index (Phi) is 4.97. The average molecular weight is 261 g/mol. The van der Waals surface area contributed by atoms with Crippen molar-refractivity contribution >= 4 is 5.97 Å². The Balaban J connectivity index is 1.88. The lowest BCUT2D eigenvalue weighted by molar-refractivity contribution is 0.0696. The van der Waals surface area contributed by atoms with E-state index in [-0.39, 0.29) is 0 Å². The Morgan fingerprint density at radius 1 is 1.37 bits per heavy atom. The zero-order chi connectivity index (χ0) is 13.7. The maximum absolute atomic E-state index is 10.9. The molecule has 1 aromatic carbocycles. The van der Waals surface area contributed by atoms with E-state index in [9.17, 15) is 4.79 Å². The summed E-state index contributed by atoms with van der Waals surface area (Å²) in [5.74, 6) is 0.0510. The summed E-state index contributed by atoms with van der Waals surface area (Å²) in [5.41, 5.74) is 1.49. The van der Waals surface area contributed by atoms with Gasteiger partial charge in [0.15, 0.2) is 0 Å². The van der Waals surface area contributed by atoms with Gasteiger partial charge in [-0.1, -0.05) is 31.9 Å². The first-order valence-corrected chi connectivity index (χ1v) is 7.23. The number of aromatic carboxylic acids is 1. The summed E-state index contributed by atoms with van der Waals surface area (Å²) in [7, 11) is 0. The summed E-state index contributed by atoms with van der Waals surface area (Å²) < 4.78 is 0. The Hall–Kier alpha value is -1.35. The van der Waals surface area contributed by atoms with Crippen molar-refractivity contribution in [3.63, 3.8) is 0 Å². The summed E-state index contributed by atoms with van der Waals surface area (Å²) in [6.07, 6.45) is 5.20. The van der Waals surface area contributed by atoms with Gasteiger partial charge < -0.3 is 5.11 Å². The minimum atomic E-state index is -0.844. The third-order valence-electron chi connectivity index (χ3n) is 3.98. The van der Waals surface area contributed by atoms with Gasteiger partial charge in [-0.05, 0) is 49.5 Å². The molecule has 1 saturated heterocycles. The van der Waals surface area contributed by atoms with Gasteiger partial charge in [0.2, 0.25) is 0 Å². The molecule has 3 nitrogen and oxygen atoms in total. The second-order valence-electron chi connectivity index (χ2n) is 5.51. The third kappa shape index (κ3) is 4.06. The zero-order valence-electron chi connectivity index (χ0n) is 11.6. The second-order valence-corrected chi connectivity index (χ2v) is 5.51. The molecule has 0 radical (unpaired) electrons. The van der Waals surface area contributed by atoms with Gasteiger partial charge in [0, 0.05) is 6.54 Å². The fourth-order valence-electron chi connectivity index (χ4n) is 2.90. The normalized spacial score (nSPS) is 17.5. The second kappa shape index (κ2) is 6.71. The van der Waals surface area contributed by atoms with Crippen LogP contribution in [0.5, 0.6) is 0 Å². The van der Waals surface area contributed by atoms with E-state index in [2.05, 4.69) is 11.8 Å². The molecule has 19 heavy (non-hydrogen) atoms. The number of hydrogen-bond donors (Lipinski definition) is 1. The first-order valence-electron chi connectivity index (χ1n) is 7.23. The van der Waals surface area contributed by atoms with E-state index in [0.717, 1.165) is 31.1 Å². The molecule has 0 unspecified atom stereocenters. The van der Waals surface area contributed by atoms with Crippen molar-refractivity contribution in [2.24, 2.45) is 5.92 Å². The highest BCUT2D eigenvalue weighted by atomic mass is 16.4. The summed E-state index contributed by atoms with van der Waals surface area (Å²) >= 11 is 0. The van der Waals surface area contributed by atoms with E-state index < -0.39 is 5.97 Å². The Morgan fingerprint density at radius 3 is 2.74 bits per heavy atom. The molecule has 0 atom stereocenters. The van der Waals surface area contributed by atoms with E-state index in [4.69, 9.17) is 5.11 Å². The molecule has 0 aromatic heterocycles. The highest BCUT2D eigenvalue weighted by Gasteiger charge is 2.18. The van der Waals surface area contributed by atoms with Gasteiger partial charge in [0.1, 0.15) is 0 Å². The number of carboxylic acid groups (broad SMARTS) is 1. The fraction of sp³-hybridized carbons (Fsp3) is 0.562. The van der Waals surface area contributed by atoms with Crippen LogP contribution >= 0.6 is 0 Å². The minimum absolute atomic E-state index is 0.387. The van der Waals surface area contributed by atoms with E-state index in [1.165, 1.54) is 25.7 Å². The molecule has 1 heterocycles. The third-order valence-corrected chi connectivity index (χ3v) is 3.98. The standard InChI is InChI=1S/C16H23NO2/c1-2-4-13-7-9-17(10-8-13)12-14-5-3-6-15(11-14)16(18)19/h3,5-6,11,13H,2,4,7-10,12H2,1H3,(H,18,19). The summed E-state index contributed by atoms with van der Waals surface area (Å²) in [6.45, 7) is 5.41. The fourth-order valence-corrected chi connectivity index (χ4v) is 2.90. The van der Waals surface area contributed by atoms with Crippen molar-refractivity contribution in [3.05, 3.63) is 35.4 Å². The number of piperidine rings is 1. The van der Waals surface area contributed by atoms with Gasteiger partial charge in [0.05, 0.1) is 5.56 Å². The van der Waals surface area contributed by atoms with Crippen molar-refractivity contribution in [1.82, 2.24) is 4.90 Å². The first-order chi connectivity index (χ1) is 9.19. The number of carbonyl (C=O) groups is 1. The van der Waals surface area contributed by atoms with E-state index in [1.807, 2.05) is 12.1 Å². The number of rotatable bonds is 5. The molecule has 3 heteroatoms. The van der Waals surface area contributed by atoms with Gasteiger partial charge >= 0.3 is 5.97 Å². The summed E-state index contributed by atoms with van der Waals surface area (Å²) in [4.78, 5) is 13.4. The number of carboxylic acids is 1. The van der Waals surface area contributed by atoms with Crippen LogP contribution < -0.4 is 0 Å². The molecule has 1 aromatic rings. The number of benzene rings is 1. The zero-order valence-corrected chi connectivity index (χ0v) is 11.6. The monoisotopic (exact) mass is 261 g/mol. The molecule has 1 fully saturated rings. The van der Waals surface area contributed by atoms with Crippen molar-refractivity contribution in [1.29, 1.82) is 0 Å². The maximum Gasteiger partial charge on any atom is 0.335 e. The van der Waals surface area contributed by atoms with Crippen molar-refractivity contribution < 1.29 is 9.90 Å². The van der Waals surface area contributed by atoms with Crippen LogP contribution in [-0.4, -0.2) is 29.1 Å². The van der Waals surface area contributed by atoms with E-state index in [0.29, 0.717) is 5.56 Å². The lowest BCUT2D eigenvalue weighted by Gasteiger charge is -2.31. The predicted molar refractivity (Wildman–Crippen MR) is 76.3 cm³/mol. The molecule has 2 rings (SSSR count). The average Bonchev–Trinajstić information content (AvgIpc) is 2.42. The highest BCUT2D eigenvalue weighted by Crippen LogP contribution is 2.23. The van der Waals surface area contributed by atoms with Crippen LogP contribution in [0.1, 0.15) is 48.5 Å². The van der Waals surface area contributed by atoms with Crippen molar-refractivity contribution in [2.75, 3.05) is 13.1 Å². The molecule has 0 aliphatic carbocycles. The van der Waals surface area contributed by atoms with Crippen LogP contribution in [0.15, 0.2) is 24.3 Å². The minimum Gasteiger partial charge on any atom is -0.478 e. The number of nitrogens with zero attached hydrogens (tertiary/aromatic N) is 1. The lowest BCUT2D eigenvalue weighted by Crippen LogP contribution is -2.33. The molecule has 0 spiro atoms. The molecule has 0 amide bonds. The molecule has 1 N–H and O–H groups in total.